The van der Waals surface area contributed by atoms with Gasteiger partial charge in [0.05, 0.1) is 0 Å². The highest BCUT2D eigenvalue weighted by Gasteiger charge is 2.25. The van der Waals surface area contributed by atoms with Gasteiger partial charge < -0.3 is 0 Å². The summed E-state index contributed by atoms with van der Waals surface area (Å²) >= 11 is 0. The maximum atomic E-state index is 3.91. The Labute approximate surface area is 118 Å². The van der Waals surface area contributed by atoms with Crippen molar-refractivity contribution in [2.24, 2.45) is 0 Å². The van der Waals surface area contributed by atoms with E-state index >= 15 is 0 Å². The van der Waals surface area contributed by atoms with Crippen LogP contribution in [0.2, 0.25) is 0 Å². The molecule has 0 spiro atoms. The largest absolute Gasteiger partial charge is 0.298 e. The van der Waals surface area contributed by atoms with Crippen molar-refractivity contribution < 1.29 is 0 Å². The minimum absolute atomic E-state index is 0.761. The van der Waals surface area contributed by atoms with Crippen LogP contribution in [0, 0.1) is 0 Å². The molecule has 0 N–H and O–H groups in total. The Bertz CT molecular complexity index is 290. The molecule has 0 radical (unpaired) electrons. The number of rotatable bonds is 4. The van der Waals surface area contributed by atoms with Crippen LogP contribution in [0.1, 0.15) is 19.3 Å². The number of nitrogens with zero attached hydrogens (tertiary/aromatic N) is 3. The van der Waals surface area contributed by atoms with Crippen molar-refractivity contribution in [3.8, 4) is 0 Å². The van der Waals surface area contributed by atoms with E-state index in [-0.39, 0.29) is 0 Å². The van der Waals surface area contributed by atoms with E-state index in [1.54, 1.807) is 0 Å². The lowest BCUT2D eigenvalue weighted by atomic mass is 10.0. The van der Waals surface area contributed by atoms with Crippen molar-refractivity contribution in [2.45, 2.75) is 25.3 Å². The van der Waals surface area contributed by atoms with Crippen LogP contribution in [0.4, 0.5) is 0 Å². The molecule has 19 heavy (non-hydrogen) atoms. The Morgan fingerprint density at radius 2 is 1.53 bits per heavy atom. The molecule has 3 nitrogen and oxygen atoms in total. The topological polar surface area (TPSA) is 9.72 Å². The molecule has 2 saturated heterocycles. The summed E-state index contributed by atoms with van der Waals surface area (Å²) in [4.78, 5) is 7.80. The van der Waals surface area contributed by atoms with Gasteiger partial charge in [0.15, 0.2) is 0 Å². The average Bonchev–Trinajstić information content (AvgIpc) is 2.50. The fourth-order valence-corrected chi connectivity index (χ4v) is 3.33. The van der Waals surface area contributed by atoms with Gasteiger partial charge in [0.2, 0.25) is 0 Å². The fourth-order valence-electron chi connectivity index (χ4n) is 3.33. The van der Waals surface area contributed by atoms with Crippen LogP contribution < -0.4 is 0 Å². The first-order valence-corrected chi connectivity index (χ1v) is 7.74. The zero-order chi connectivity index (χ0) is 13.5. The highest BCUT2D eigenvalue weighted by molar-refractivity contribution is 4.86. The SMILES string of the molecule is C=CCN1CCN(CC=C)CC2CCCCN2CC1. The summed E-state index contributed by atoms with van der Waals surface area (Å²) in [6.07, 6.45) is 8.22. The Balaban J connectivity index is 2.01. The molecule has 1 unspecified atom stereocenters. The summed E-state index contributed by atoms with van der Waals surface area (Å²) < 4.78 is 0. The van der Waals surface area contributed by atoms with Crippen molar-refractivity contribution in [3.63, 3.8) is 0 Å². The molecule has 0 aromatic rings. The average molecular weight is 263 g/mol. The standard InChI is InChI=1S/C16H29N3/c1-3-8-17-11-12-18(9-4-2)15-16-7-5-6-10-19(16)14-13-17/h3-4,16H,1-2,5-15H2. The molecule has 0 aliphatic carbocycles. The number of hydrogen-bond acceptors (Lipinski definition) is 3. The monoisotopic (exact) mass is 263 g/mol. The van der Waals surface area contributed by atoms with E-state index in [9.17, 15) is 0 Å². The molecule has 2 heterocycles. The third-order valence-electron chi connectivity index (χ3n) is 4.43. The smallest absolute Gasteiger partial charge is 0.0223 e. The van der Waals surface area contributed by atoms with E-state index < -0.39 is 0 Å². The van der Waals surface area contributed by atoms with Gasteiger partial charge in [-0.15, -0.1) is 13.2 Å². The van der Waals surface area contributed by atoms with Crippen molar-refractivity contribution in [3.05, 3.63) is 25.3 Å². The summed E-state index contributed by atoms with van der Waals surface area (Å²) in [5, 5.41) is 0. The molecule has 0 aromatic carbocycles. The Hall–Kier alpha value is -0.640. The number of fused-ring (bicyclic) bond motifs is 1. The predicted molar refractivity (Wildman–Crippen MR) is 82.5 cm³/mol. The van der Waals surface area contributed by atoms with Gasteiger partial charge >= 0.3 is 0 Å². The molecule has 0 saturated carbocycles. The summed E-state index contributed by atoms with van der Waals surface area (Å²) in [5.74, 6) is 0. The van der Waals surface area contributed by atoms with Gasteiger partial charge in [0.1, 0.15) is 0 Å². The second-order valence-electron chi connectivity index (χ2n) is 5.82. The minimum Gasteiger partial charge on any atom is -0.298 e. The Morgan fingerprint density at radius 1 is 0.842 bits per heavy atom. The Kier molecular flexibility index (Phi) is 6.08. The maximum Gasteiger partial charge on any atom is 0.0223 e. The lowest BCUT2D eigenvalue weighted by Gasteiger charge is -2.37. The zero-order valence-electron chi connectivity index (χ0n) is 12.3. The van der Waals surface area contributed by atoms with Crippen LogP contribution >= 0.6 is 0 Å². The molecule has 3 heteroatoms. The summed E-state index contributed by atoms with van der Waals surface area (Å²) in [5.41, 5.74) is 0. The predicted octanol–water partition coefficient (Wildman–Crippen LogP) is 1.83. The second kappa shape index (κ2) is 7.83. The molecule has 2 fully saturated rings. The van der Waals surface area contributed by atoms with Gasteiger partial charge in [-0.3, -0.25) is 14.7 Å². The molecular weight excluding hydrogens is 234 g/mol. The molecule has 1 atom stereocenters. The molecule has 2 aliphatic rings. The van der Waals surface area contributed by atoms with E-state index in [1.165, 1.54) is 45.4 Å². The van der Waals surface area contributed by atoms with Crippen molar-refractivity contribution in [1.29, 1.82) is 0 Å². The van der Waals surface area contributed by atoms with E-state index in [1.807, 2.05) is 12.2 Å². The molecule has 108 valence electrons. The molecule has 0 aromatic heterocycles. The van der Waals surface area contributed by atoms with Crippen LogP contribution in [0.5, 0.6) is 0 Å². The molecule has 2 aliphatic heterocycles. The van der Waals surface area contributed by atoms with Crippen LogP contribution in [0.15, 0.2) is 25.3 Å². The van der Waals surface area contributed by atoms with Crippen molar-refractivity contribution >= 4 is 0 Å². The zero-order valence-corrected chi connectivity index (χ0v) is 12.3. The van der Waals surface area contributed by atoms with Crippen molar-refractivity contribution in [1.82, 2.24) is 14.7 Å². The van der Waals surface area contributed by atoms with E-state index in [4.69, 9.17) is 0 Å². The van der Waals surface area contributed by atoms with Gasteiger partial charge in [0, 0.05) is 51.9 Å². The normalized spacial score (nSPS) is 27.9. The quantitative estimate of drug-likeness (QED) is 0.717. The summed E-state index contributed by atoms with van der Waals surface area (Å²) in [7, 11) is 0. The lowest BCUT2D eigenvalue weighted by molar-refractivity contribution is 0.116. The van der Waals surface area contributed by atoms with Crippen LogP contribution in [0.3, 0.4) is 0 Å². The Morgan fingerprint density at radius 3 is 2.32 bits per heavy atom. The van der Waals surface area contributed by atoms with E-state index in [2.05, 4.69) is 27.9 Å². The number of piperidine rings is 1. The summed E-state index contributed by atoms with van der Waals surface area (Å²) in [6.45, 7) is 17.0. The van der Waals surface area contributed by atoms with E-state index in [0.29, 0.717) is 0 Å². The first-order valence-electron chi connectivity index (χ1n) is 7.74. The fraction of sp³-hybridized carbons (Fsp3) is 0.750. The van der Waals surface area contributed by atoms with Gasteiger partial charge in [-0.25, -0.2) is 0 Å². The minimum atomic E-state index is 0.761. The first-order chi connectivity index (χ1) is 9.33. The van der Waals surface area contributed by atoms with E-state index in [0.717, 1.165) is 32.2 Å². The molecular formula is C16H29N3. The molecule has 0 amide bonds. The van der Waals surface area contributed by atoms with Gasteiger partial charge in [-0.05, 0) is 19.4 Å². The molecule has 0 bridgehead atoms. The van der Waals surface area contributed by atoms with Gasteiger partial charge in [0.25, 0.3) is 0 Å². The lowest BCUT2D eigenvalue weighted by Crippen LogP contribution is -2.47. The maximum absolute atomic E-state index is 3.91. The van der Waals surface area contributed by atoms with Gasteiger partial charge in [-0.1, -0.05) is 18.6 Å². The van der Waals surface area contributed by atoms with Crippen LogP contribution in [-0.4, -0.2) is 73.1 Å². The molecule has 2 rings (SSSR count). The van der Waals surface area contributed by atoms with Crippen molar-refractivity contribution in [2.75, 3.05) is 52.4 Å². The highest BCUT2D eigenvalue weighted by atomic mass is 15.3. The third-order valence-corrected chi connectivity index (χ3v) is 4.43. The second-order valence-corrected chi connectivity index (χ2v) is 5.82. The van der Waals surface area contributed by atoms with Crippen LogP contribution in [0.25, 0.3) is 0 Å². The highest BCUT2D eigenvalue weighted by Crippen LogP contribution is 2.19. The van der Waals surface area contributed by atoms with Gasteiger partial charge in [-0.2, -0.15) is 0 Å². The third kappa shape index (κ3) is 4.44. The van der Waals surface area contributed by atoms with Crippen LogP contribution in [-0.2, 0) is 0 Å². The summed E-state index contributed by atoms with van der Waals surface area (Å²) in [6, 6.07) is 0.761. The first kappa shape index (κ1) is 14.8. The number of hydrogen-bond donors (Lipinski definition) is 0.